The fourth-order valence-electron chi connectivity index (χ4n) is 1.88. The van der Waals surface area contributed by atoms with Crippen LogP contribution in [0.25, 0.3) is 0 Å². The maximum atomic E-state index is 12.1. The van der Waals surface area contributed by atoms with Crippen molar-refractivity contribution >= 4 is 29.1 Å². The molecule has 1 atom stereocenters. The highest BCUT2D eigenvalue weighted by atomic mass is 35.5. The standard InChI is InChI=1S/C16H15Cl2NO/c1-11-6-5-9-13(15(11)18)16(20)19-10-14(17)12-7-3-2-4-8-12/h2-9,14H,10H2,1H3,(H,19,20). The summed E-state index contributed by atoms with van der Waals surface area (Å²) < 4.78 is 0. The summed E-state index contributed by atoms with van der Waals surface area (Å²) in [4.78, 5) is 12.1. The van der Waals surface area contributed by atoms with Gasteiger partial charge in [-0.05, 0) is 24.1 Å². The van der Waals surface area contributed by atoms with Crippen molar-refractivity contribution in [3.8, 4) is 0 Å². The number of hydrogen-bond donors (Lipinski definition) is 1. The van der Waals surface area contributed by atoms with Gasteiger partial charge in [0.1, 0.15) is 0 Å². The highest BCUT2D eigenvalue weighted by Gasteiger charge is 2.14. The Balaban J connectivity index is 2.01. The summed E-state index contributed by atoms with van der Waals surface area (Å²) in [5.74, 6) is -0.208. The van der Waals surface area contributed by atoms with E-state index in [1.54, 1.807) is 6.07 Å². The lowest BCUT2D eigenvalue weighted by molar-refractivity contribution is 0.0953. The Hall–Kier alpha value is -1.51. The third-order valence-corrected chi connectivity index (χ3v) is 3.95. The van der Waals surface area contributed by atoms with E-state index in [2.05, 4.69) is 5.32 Å². The molecule has 0 aliphatic heterocycles. The number of nitrogens with one attached hydrogen (secondary N) is 1. The van der Waals surface area contributed by atoms with E-state index >= 15 is 0 Å². The van der Waals surface area contributed by atoms with E-state index in [4.69, 9.17) is 23.2 Å². The average molecular weight is 308 g/mol. The Bertz CT molecular complexity index is 599. The Morgan fingerprint density at radius 3 is 2.55 bits per heavy atom. The minimum Gasteiger partial charge on any atom is -0.350 e. The highest BCUT2D eigenvalue weighted by Crippen LogP contribution is 2.21. The fraction of sp³-hybridized carbons (Fsp3) is 0.188. The van der Waals surface area contributed by atoms with Crippen LogP contribution in [-0.2, 0) is 0 Å². The number of aryl methyl sites for hydroxylation is 1. The zero-order valence-electron chi connectivity index (χ0n) is 11.1. The smallest absolute Gasteiger partial charge is 0.252 e. The number of hydrogen-bond acceptors (Lipinski definition) is 1. The fourth-order valence-corrected chi connectivity index (χ4v) is 2.31. The molecule has 2 nitrogen and oxygen atoms in total. The van der Waals surface area contributed by atoms with Gasteiger partial charge in [-0.2, -0.15) is 0 Å². The van der Waals surface area contributed by atoms with Crippen LogP contribution < -0.4 is 5.32 Å². The number of carbonyl (C=O) groups excluding carboxylic acids is 1. The number of alkyl halides is 1. The van der Waals surface area contributed by atoms with Crippen molar-refractivity contribution in [3.05, 3.63) is 70.2 Å². The second-order valence-electron chi connectivity index (χ2n) is 4.52. The Labute approximate surface area is 128 Å². The molecule has 4 heteroatoms. The van der Waals surface area contributed by atoms with Gasteiger partial charge in [0, 0.05) is 6.54 Å². The highest BCUT2D eigenvalue weighted by molar-refractivity contribution is 6.34. The van der Waals surface area contributed by atoms with Crippen LogP contribution in [0, 0.1) is 6.92 Å². The third kappa shape index (κ3) is 3.53. The van der Waals surface area contributed by atoms with Gasteiger partial charge in [-0.3, -0.25) is 4.79 Å². The van der Waals surface area contributed by atoms with Crippen molar-refractivity contribution < 1.29 is 4.79 Å². The van der Waals surface area contributed by atoms with E-state index < -0.39 is 0 Å². The third-order valence-electron chi connectivity index (χ3n) is 3.04. The van der Waals surface area contributed by atoms with Crippen molar-refractivity contribution in [2.24, 2.45) is 0 Å². The molecule has 1 unspecified atom stereocenters. The Morgan fingerprint density at radius 2 is 1.85 bits per heavy atom. The van der Waals surface area contributed by atoms with Crippen LogP contribution in [0.5, 0.6) is 0 Å². The largest absolute Gasteiger partial charge is 0.350 e. The van der Waals surface area contributed by atoms with E-state index in [0.29, 0.717) is 17.1 Å². The molecule has 20 heavy (non-hydrogen) atoms. The molecule has 1 amide bonds. The van der Waals surface area contributed by atoms with Crippen LogP contribution in [0.4, 0.5) is 0 Å². The summed E-state index contributed by atoms with van der Waals surface area (Å²) in [7, 11) is 0. The number of rotatable bonds is 4. The topological polar surface area (TPSA) is 29.1 Å². The zero-order valence-corrected chi connectivity index (χ0v) is 12.6. The lowest BCUT2D eigenvalue weighted by Gasteiger charge is -2.12. The second kappa shape index (κ2) is 6.78. The number of halogens is 2. The second-order valence-corrected chi connectivity index (χ2v) is 5.43. The predicted octanol–water partition coefficient (Wildman–Crippen LogP) is 4.36. The van der Waals surface area contributed by atoms with E-state index in [9.17, 15) is 4.79 Å². The van der Waals surface area contributed by atoms with E-state index in [1.165, 1.54) is 0 Å². The van der Waals surface area contributed by atoms with Crippen LogP contribution in [0.15, 0.2) is 48.5 Å². The molecule has 0 fully saturated rings. The summed E-state index contributed by atoms with van der Waals surface area (Å²) >= 11 is 12.4. The molecule has 0 aliphatic rings. The first kappa shape index (κ1) is 14.9. The molecule has 0 bridgehead atoms. The van der Waals surface area contributed by atoms with Gasteiger partial charge in [-0.25, -0.2) is 0 Å². The molecule has 2 aromatic carbocycles. The van der Waals surface area contributed by atoms with Gasteiger partial charge in [0.2, 0.25) is 0 Å². The quantitative estimate of drug-likeness (QED) is 0.836. The number of amides is 1. The van der Waals surface area contributed by atoms with Crippen molar-refractivity contribution in [1.29, 1.82) is 0 Å². The van der Waals surface area contributed by atoms with Gasteiger partial charge in [0.05, 0.1) is 16.0 Å². The van der Waals surface area contributed by atoms with Gasteiger partial charge < -0.3 is 5.32 Å². The van der Waals surface area contributed by atoms with Crippen molar-refractivity contribution in [1.82, 2.24) is 5.32 Å². The van der Waals surface area contributed by atoms with Crippen LogP contribution in [0.2, 0.25) is 5.02 Å². The Kier molecular flexibility index (Phi) is 5.05. The molecule has 0 aromatic heterocycles. The molecular weight excluding hydrogens is 293 g/mol. The molecule has 0 saturated carbocycles. The normalized spacial score (nSPS) is 11.9. The summed E-state index contributed by atoms with van der Waals surface area (Å²) in [5, 5.41) is 3.03. The molecule has 0 saturated heterocycles. The van der Waals surface area contributed by atoms with Crippen LogP contribution in [0.1, 0.15) is 26.9 Å². The van der Waals surface area contributed by atoms with Crippen molar-refractivity contribution in [2.45, 2.75) is 12.3 Å². The SMILES string of the molecule is Cc1cccc(C(=O)NCC(Cl)c2ccccc2)c1Cl. The first-order valence-electron chi connectivity index (χ1n) is 6.32. The minimum atomic E-state index is -0.260. The molecular formula is C16H15Cl2NO. The molecule has 0 spiro atoms. The van der Waals surface area contributed by atoms with Crippen LogP contribution in [-0.4, -0.2) is 12.5 Å². The molecule has 2 aromatic rings. The first-order chi connectivity index (χ1) is 9.59. The molecule has 0 radical (unpaired) electrons. The monoisotopic (exact) mass is 307 g/mol. The van der Waals surface area contributed by atoms with Gasteiger partial charge in [-0.1, -0.05) is 54.1 Å². The lowest BCUT2D eigenvalue weighted by atomic mass is 10.1. The van der Waals surface area contributed by atoms with Gasteiger partial charge in [0.15, 0.2) is 0 Å². The van der Waals surface area contributed by atoms with Crippen LogP contribution in [0.3, 0.4) is 0 Å². The lowest BCUT2D eigenvalue weighted by Crippen LogP contribution is -2.27. The van der Waals surface area contributed by atoms with Gasteiger partial charge >= 0.3 is 0 Å². The van der Waals surface area contributed by atoms with E-state index in [-0.39, 0.29) is 11.3 Å². The average Bonchev–Trinajstić information content (AvgIpc) is 2.48. The summed E-state index contributed by atoms with van der Waals surface area (Å²) in [6.07, 6.45) is 0. The first-order valence-corrected chi connectivity index (χ1v) is 7.13. The van der Waals surface area contributed by atoms with Gasteiger partial charge in [0.25, 0.3) is 5.91 Å². The molecule has 0 heterocycles. The summed E-state index contributed by atoms with van der Waals surface area (Å²) in [6, 6.07) is 15.0. The van der Waals surface area contributed by atoms with E-state index in [1.807, 2.05) is 49.4 Å². The Morgan fingerprint density at radius 1 is 1.15 bits per heavy atom. The van der Waals surface area contributed by atoms with Crippen LogP contribution >= 0.6 is 23.2 Å². The minimum absolute atomic E-state index is 0.208. The van der Waals surface area contributed by atoms with Crippen molar-refractivity contribution in [2.75, 3.05) is 6.54 Å². The number of carbonyl (C=O) groups is 1. The van der Waals surface area contributed by atoms with Crippen molar-refractivity contribution in [3.63, 3.8) is 0 Å². The maximum absolute atomic E-state index is 12.1. The zero-order chi connectivity index (χ0) is 14.5. The summed E-state index contributed by atoms with van der Waals surface area (Å²) in [6.45, 7) is 2.22. The maximum Gasteiger partial charge on any atom is 0.252 e. The molecule has 104 valence electrons. The molecule has 1 N–H and O–H groups in total. The molecule has 2 rings (SSSR count). The number of benzene rings is 2. The predicted molar refractivity (Wildman–Crippen MR) is 83.6 cm³/mol. The summed E-state index contributed by atoms with van der Waals surface area (Å²) in [5.41, 5.74) is 2.33. The van der Waals surface area contributed by atoms with Gasteiger partial charge in [-0.15, -0.1) is 11.6 Å². The molecule has 0 aliphatic carbocycles. The van der Waals surface area contributed by atoms with E-state index in [0.717, 1.165) is 11.1 Å².